The van der Waals surface area contributed by atoms with Gasteiger partial charge in [0, 0.05) is 0 Å². The van der Waals surface area contributed by atoms with E-state index in [0.29, 0.717) is 0 Å². The van der Waals surface area contributed by atoms with Crippen LogP contribution in [0.25, 0.3) is 0 Å². The van der Waals surface area contributed by atoms with E-state index in [-0.39, 0.29) is 0 Å². The molecule has 0 N–H and O–H groups in total. The van der Waals surface area contributed by atoms with Crippen LogP contribution < -0.4 is 0 Å². The molecule has 0 nitrogen and oxygen atoms in total. The maximum Gasteiger partial charge on any atom is 0.288 e. The van der Waals surface area contributed by atoms with Crippen LogP contribution in [0.5, 0.6) is 0 Å². The monoisotopic (exact) mass is 380 g/mol. The van der Waals surface area contributed by atoms with Gasteiger partial charge in [-0.15, -0.1) is 0 Å². The largest absolute Gasteiger partial charge is 0.288 e. The molecule has 0 saturated carbocycles. The molecular weight excluding hydrogens is 366 g/mol. The summed E-state index contributed by atoms with van der Waals surface area (Å²) in [6, 6.07) is 14.0. The van der Waals surface area contributed by atoms with Crippen molar-refractivity contribution in [3.8, 4) is 0 Å². The molecule has 0 aliphatic heterocycles. The van der Waals surface area contributed by atoms with E-state index in [2.05, 4.69) is 0 Å². The van der Waals surface area contributed by atoms with Crippen molar-refractivity contribution in [2.24, 2.45) is 0 Å². The van der Waals surface area contributed by atoms with Crippen LogP contribution in [-0.2, 0) is 11.8 Å². The van der Waals surface area contributed by atoms with Crippen molar-refractivity contribution < 1.29 is 26.3 Å². The lowest BCUT2D eigenvalue weighted by atomic mass is 9.80. The average Bonchev–Trinajstić information content (AvgIpc) is 2.62. The molecular formula is C21H14F6. The van der Waals surface area contributed by atoms with Crippen molar-refractivity contribution in [3.05, 3.63) is 107 Å². The van der Waals surface area contributed by atoms with Gasteiger partial charge in [0.2, 0.25) is 0 Å². The Morgan fingerprint density at radius 2 is 0.889 bits per heavy atom. The van der Waals surface area contributed by atoms with Gasteiger partial charge in [-0.3, -0.25) is 0 Å². The minimum atomic E-state index is -4.31. The van der Waals surface area contributed by atoms with Crippen molar-refractivity contribution in [3.63, 3.8) is 0 Å². The highest BCUT2D eigenvalue weighted by Crippen LogP contribution is 2.55. The van der Waals surface area contributed by atoms with E-state index in [0.717, 1.165) is 48.5 Å². The number of benzene rings is 3. The second-order valence-corrected chi connectivity index (χ2v) is 6.05. The third-order valence-corrected chi connectivity index (χ3v) is 4.32. The van der Waals surface area contributed by atoms with Gasteiger partial charge in [-0.25, -0.2) is 26.3 Å². The third kappa shape index (κ3) is 3.44. The van der Waals surface area contributed by atoms with Gasteiger partial charge in [-0.05, 0) is 17.7 Å². The molecule has 0 aliphatic carbocycles. The van der Waals surface area contributed by atoms with Crippen LogP contribution >= 0.6 is 0 Å². The van der Waals surface area contributed by atoms with Crippen molar-refractivity contribution >= 4 is 0 Å². The maximum absolute atomic E-state index is 15.2. The van der Waals surface area contributed by atoms with Gasteiger partial charge >= 0.3 is 0 Å². The quantitative estimate of drug-likeness (QED) is 0.436. The molecule has 27 heavy (non-hydrogen) atoms. The smallest absolute Gasteiger partial charge is 0.206 e. The zero-order chi connectivity index (χ0) is 19.7. The molecule has 0 bridgehead atoms. The Kier molecular flexibility index (Phi) is 5.00. The van der Waals surface area contributed by atoms with Gasteiger partial charge in [-0.1, -0.05) is 66.7 Å². The van der Waals surface area contributed by atoms with Crippen LogP contribution in [0.4, 0.5) is 26.3 Å². The van der Waals surface area contributed by atoms with E-state index in [1.807, 2.05) is 0 Å². The summed E-state index contributed by atoms with van der Waals surface area (Å²) in [4.78, 5) is 0. The lowest BCUT2D eigenvalue weighted by Crippen LogP contribution is -2.38. The SMILES string of the molecule is Fc1ccccc1C(F)(F)C(c1ccccc1)C(F)(F)c1ccccc1F. The Labute approximate surface area is 152 Å². The zero-order valence-corrected chi connectivity index (χ0v) is 13.9. The Hall–Kier alpha value is -2.76. The molecule has 0 saturated heterocycles. The molecule has 3 aromatic carbocycles. The number of hydrogen-bond donors (Lipinski definition) is 0. The van der Waals surface area contributed by atoms with Crippen LogP contribution in [0.3, 0.4) is 0 Å². The normalized spacial score (nSPS) is 12.4. The first-order chi connectivity index (χ1) is 12.8. The highest BCUT2D eigenvalue weighted by Gasteiger charge is 2.58. The van der Waals surface area contributed by atoms with Crippen LogP contribution in [0, 0.1) is 11.6 Å². The average molecular weight is 380 g/mol. The lowest BCUT2D eigenvalue weighted by molar-refractivity contribution is -0.149. The fourth-order valence-electron chi connectivity index (χ4n) is 3.07. The van der Waals surface area contributed by atoms with E-state index in [1.165, 1.54) is 30.3 Å². The predicted octanol–water partition coefficient (Wildman–Crippen LogP) is 6.63. The molecule has 0 aliphatic rings. The minimum absolute atomic E-state index is 0.431. The zero-order valence-electron chi connectivity index (χ0n) is 13.9. The topological polar surface area (TPSA) is 0 Å². The molecule has 3 aromatic rings. The molecule has 3 rings (SSSR count). The molecule has 0 radical (unpaired) electrons. The third-order valence-electron chi connectivity index (χ3n) is 4.32. The van der Waals surface area contributed by atoms with E-state index >= 15 is 17.6 Å². The van der Waals surface area contributed by atoms with Crippen LogP contribution in [0.15, 0.2) is 78.9 Å². The van der Waals surface area contributed by atoms with Gasteiger partial charge < -0.3 is 0 Å². The van der Waals surface area contributed by atoms with Crippen molar-refractivity contribution in [2.45, 2.75) is 17.8 Å². The first-order valence-corrected chi connectivity index (χ1v) is 8.07. The molecule has 0 heterocycles. The Morgan fingerprint density at radius 1 is 0.519 bits per heavy atom. The van der Waals surface area contributed by atoms with Gasteiger partial charge in [0.25, 0.3) is 11.8 Å². The summed E-state index contributed by atoms with van der Waals surface area (Å²) >= 11 is 0. The Bertz CT molecular complexity index is 863. The summed E-state index contributed by atoms with van der Waals surface area (Å²) in [5.41, 5.74) is -2.77. The first-order valence-electron chi connectivity index (χ1n) is 8.07. The highest BCUT2D eigenvalue weighted by molar-refractivity contribution is 5.36. The standard InChI is InChI=1S/C21H14F6/c22-17-12-6-4-10-15(17)20(24,25)19(14-8-2-1-3-9-14)21(26,27)16-11-5-7-13-18(16)23/h1-13,19H. The fourth-order valence-corrected chi connectivity index (χ4v) is 3.07. The second kappa shape index (κ2) is 7.10. The summed E-state index contributed by atoms with van der Waals surface area (Å²) in [5.74, 6) is -14.0. The van der Waals surface area contributed by atoms with Crippen molar-refractivity contribution in [1.29, 1.82) is 0 Å². The van der Waals surface area contributed by atoms with Gasteiger partial charge in [0.15, 0.2) is 0 Å². The number of halogens is 6. The Morgan fingerprint density at radius 3 is 1.30 bits per heavy atom. The van der Waals surface area contributed by atoms with Crippen LogP contribution in [-0.4, -0.2) is 0 Å². The van der Waals surface area contributed by atoms with E-state index in [1.54, 1.807) is 0 Å². The summed E-state index contributed by atoms with van der Waals surface area (Å²) < 4.78 is 89.0. The summed E-state index contributed by atoms with van der Waals surface area (Å²) in [5, 5.41) is 0. The van der Waals surface area contributed by atoms with Gasteiger partial charge in [0.1, 0.15) is 17.6 Å². The van der Waals surface area contributed by atoms with E-state index in [9.17, 15) is 8.78 Å². The Balaban J connectivity index is 2.24. The van der Waals surface area contributed by atoms with Gasteiger partial charge in [0.05, 0.1) is 11.1 Å². The number of rotatable bonds is 5. The number of alkyl halides is 4. The minimum Gasteiger partial charge on any atom is -0.206 e. The maximum atomic E-state index is 15.2. The summed E-state index contributed by atoms with van der Waals surface area (Å²) in [6.45, 7) is 0. The fraction of sp³-hybridized carbons (Fsp3) is 0.143. The van der Waals surface area contributed by atoms with Crippen molar-refractivity contribution in [1.82, 2.24) is 0 Å². The number of hydrogen-bond acceptors (Lipinski definition) is 0. The summed E-state index contributed by atoms with van der Waals surface area (Å²) in [7, 11) is 0. The van der Waals surface area contributed by atoms with Crippen LogP contribution in [0.2, 0.25) is 0 Å². The molecule has 0 aromatic heterocycles. The molecule has 0 amide bonds. The van der Waals surface area contributed by atoms with Gasteiger partial charge in [-0.2, -0.15) is 0 Å². The van der Waals surface area contributed by atoms with Crippen molar-refractivity contribution in [2.75, 3.05) is 0 Å². The van der Waals surface area contributed by atoms with E-state index < -0.39 is 46.1 Å². The molecule has 6 heteroatoms. The predicted molar refractivity (Wildman–Crippen MR) is 89.8 cm³/mol. The second-order valence-electron chi connectivity index (χ2n) is 6.05. The molecule has 0 atom stereocenters. The summed E-state index contributed by atoms with van der Waals surface area (Å²) in [6.07, 6.45) is 0. The molecule has 140 valence electrons. The molecule has 0 spiro atoms. The molecule has 0 fully saturated rings. The van der Waals surface area contributed by atoms with Crippen LogP contribution in [0.1, 0.15) is 22.6 Å². The highest BCUT2D eigenvalue weighted by atomic mass is 19.3. The lowest BCUT2D eigenvalue weighted by Gasteiger charge is -2.34. The molecule has 0 unspecified atom stereocenters. The first kappa shape index (κ1) is 19.0. The van der Waals surface area contributed by atoms with E-state index in [4.69, 9.17) is 0 Å².